The maximum Gasteiger partial charge on any atom is 0.0941 e. The second-order valence-electron chi connectivity index (χ2n) is 4.88. The summed E-state index contributed by atoms with van der Waals surface area (Å²) in [5.74, 6) is 0.510. The van der Waals surface area contributed by atoms with E-state index >= 15 is 0 Å². The lowest BCUT2D eigenvalue weighted by Gasteiger charge is -2.20. The lowest BCUT2D eigenvalue weighted by Crippen LogP contribution is -2.33. The van der Waals surface area contributed by atoms with Gasteiger partial charge < -0.3 is 10.0 Å². The van der Waals surface area contributed by atoms with Crippen molar-refractivity contribution >= 4 is 22.9 Å². The third-order valence-corrected chi connectivity index (χ3v) is 4.71. The fourth-order valence-electron chi connectivity index (χ4n) is 2.39. The lowest BCUT2D eigenvalue weighted by molar-refractivity contribution is 0.197. The number of rotatable bonds is 6. The topological polar surface area (TPSA) is 39.6 Å². The zero-order chi connectivity index (χ0) is 13.5. The summed E-state index contributed by atoms with van der Waals surface area (Å²) < 4.78 is 0. The molecule has 0 aromatic carbocycles. The number of nitrogens with zero attached hydrogens (tertiary/aromatic N) is 3. The number of β-amino-alcohol motifs (C(OH)–C–C–N with tert-alkyl or cyclic N) is 1. The molecule has 0 saturated carbocycles. The van der Waals surface area contributed by atoms with Crippen LogP contribution in [0.1, 0.15) is 17.1 Å². The molecule has 1 saturated heterocycles. The zero-order valence-corrected chi connectivity index (χ0v) is 12.8. The first-order chi connectivity index (χ1) is 9.31. The fraction of sp³-hybridized carbons (Fsp3) is 0.769. The summed E-state index contributed by atoms with van der Waals surface area (Å²) in [4.78, 5) is 9.34. The molecule has 1 fully saturated rings. The molecule has 0 radical (unpaired) electrons. The molecule has 0 amide bonds. The second-order valence-corrected chi connectivity index (χ2v) is 6.09. The number of thiazole rings is 1. The minimum atomic E-state index is 0.264. The van der Waals surface area contributed by atoms with Crippen molar-refractivity contribution in [2.75, 3.05) is 45.9 Å². The van der Waals surface area contributed by atoms with Gasteiger partial charge in [-0.1, -0.05) is 0 Å². The molecule has 0 spiro atoms. The monoisotopic (exact) mass is 303 g/mol. The maximum atomic E-state index is 8.98. The summed E-state index contributed by atoms with van der Waals surface area (Å²) in [6, 6.07) is 0. The molecule has 1 aliphatic rings. The first kappa shape index (κ1) is 15.2. The van der Waals surface area contributed by atoms with Crippen LogP contribution in [0.5, 0.6) is 0 Å². The standard InChI is InChI=1S/C13H22ClN3OS/c14-10-12-11-19-13(15-12)2-5-16-3-1-4-17(7-6-16)8-9-18/h11,18H,1-10H2. The summed E-state index contributed by atoms with van der Waals surface area (Å²) in [6.07, 6.45) is 2.20. The quantitative estimate of drug-likeness (QED) is 0.807. The van der Waals surface area contributed by atoms with Crippen LogP contribution in [0.25, 0.3) is 0 Å². The molecule has 1 aromatic heterocycles. The van der Waals surface area contributed by atoms with E-state index < -0.39 is 0 Å². The molecule has 0 aliphatic carbocycles. The van der Waals surface area contributed by atoms with Crippen LogP contribution in [0.4, 0.5) is 0 Å². The van der Waals surface area contributed by atoms with Gasteiger partial charge in [-0.2, -0.15) is 0 Å². The molecular weight excluding hydrogens is 282 g/mol. The van der Waals surface area contributed by atoms with Crippen molar-refractivity contribution < 1.29 is 5.11 Å². The van der Waals surface area contributed by atoms with E-state index in [0.29, 0.717) is 5.88 Å². The Labute approximate surface area is 124 Å². The Morgan fingerprint density at radius 1 is 1.21 bits per heavy atom. The van der Waals surface area contributed by atoms with E-state index in [9.17, 15) is 0 Å². The highest BCUT2D eigenvalue weighted by atomic mass is 35.5. The van der Waals surface area contributed by atoms with E-state index in [1.54, 1.807) is 11.3 Å². The smallest absolute Gasteiger partial charge is 0.0941 e. The highest BCUT2D eigenvalue weighted by Gasteiger charge is 2.14. The van der Waals surface area contributed by atoms with Crippen LogP contribution in [0.15, 0.2) is 5.38 Å². The van der Waals surface area contributed by atoms with E-state index in [2.05, 4.69) is 14.8 Å². The van der Waals surface area contributed by atoms with Crippen molar-refractivity contribution in [2.45, 2.75) is 18.7 Å². The average Bonchev–Trinajstić information content (AvgIpc) is 2.77. The molecule has 108 valence electrons. The molecule has 0 unspecified atom stereocenters. The van der Waals surface area contributed by atoms with E-state index in [1.165, 1.54) is 11.4 Å². The number of halogens is 1. The Bertz CT molecular complexity index is 375. The minimum Gasteiger partial charge on any atom is -0.395 e. The van der Waals surface area contributed by atoms with Crippen molar-refractivity contribution in [1.29, 1.82) is 0 Å². The zero-order valence-electron chi connectivity index (χ0n) is 11.2. The van der Waals surface area contributed by atoms with Gasteiger partial charge in [0.25, 0.3) is 0 Å². The van der Waals surface area contributed by atoms with E-state index in [0.717, 1.165) is 51.4 Å². The SMILES string of the molecule is OCCN1CCCN(CCc2nc(CCl)cs2)CC1. The Morgan fingerprint density at radius 3 is 2.58 bits per heavy atom. The maximum absolute atomic E-state index is 8.98. The first-order valence-corrected chi connectivity index (χ1v) is 8.28. The molecule has 6 heteroatoms. The number of alkyl halides is 1. The van der Waals surface area contributed by atoms with Crippen LogP contribution < -0.4 is 0 Å². The molecule has 1 aromatic rings. The molecule has 2 rings (SSSR count). The van der Waals surface area contributed by atoms with E-state index in [1.807, 2.05) is 5.38 Å². The van der Waals surface area contributed by atoms with Crippen molar-refractivity contribution in [1.82, 2.24) is 14.8 Å². The predicted octanol–water partition coefficient (Wildman–Crippen LogP) is 1.42. The number of aromatic nitrogens is 1. The van der Waals surface area contributed by atoms with Crippen LogP contribution in [0.3, 0.4) is 0 Å². The van der Waals surface area contributed by atoms with Crippen molar-refractivity contribution in [2.24, 2.45) is 0 Å². The number of aliphatic hydroxyl groups is 1. The lowest BCUT2D eigenvalue weighted by atomic mass is 10.3. The Morgan fingerprint density at radius 2 is 1.95 bits per heavy atom. The van der Waals surface area contributed by atoms with Crippen LogP contribution in [-0.4, -0.2) is 65.8 Å². The molecule has 4 nitrogen and oxygen atoms in total. The molecule has 0 bridgehead atoms. The van der Waals surface area contributed by atoms with Gasteiger partial charge in [0.15, 0.2) is 0 Å². The van der Waals surface area contributed by atoms with Crippen molar-refractivity contribution in [3.63, 3.8) is 0 Å². The van der Waals surface area contributed by atoms with Gasteiger partial charge in [0.05, 0.1) is 23.2 Å². The van der Waals surface area contributed by atoms with Gasteiger partial charge in [0.2, 0.25) is 0 Å². The molecule has 0 atom stereocenters. The van der Waals surface area contributed by atoms with Gasteiger partial charge in [-0.05, 0) is 19.5 Å². The van der Waals surface area contributed by atoms with Gasteiger partial charge >= 0.3 is 0 Å². The molecule has 2 heterocycles. The third-order valence-electron chi connectivity index (χ3n) is 3.48. The van der Waals surface area contributed by atoms with Crippen molar-refractivity contribution in [3.05, 3.63) is 16.1 Å². The minimum absolute atomic E-state index is 0.264. The van der Waals surface area contributed by atoms with E-state index in [4.69, 9.17) is 16.7 Å². The van der Waals surface area contributed by atoms with Crippen LogP contribution >= 0.6 is 22.9 Å². The van der Waals surface area contributed by atoms with Gasteiger partial charge in [-0.3, -0.25) is 4.90 Å². The normalized spacial score (nSPS) is 18.6. The molecular formula is C13H22ClN3OS. The molecule has 1 N–H and O–H groups in total. The summed E-state index contributed by atoms with van der Waals surface area (Å²) in [7, 11) is 0. The van der Waals surface area contributed by atoms with Gasteiger partial charge in [-0.25, -0.2) is 4.98 Å². The first-order valence-electron chi connectivity index (χ1n) is 6.86. The fourth-order valence-corrected chi connectivity index (χ4v) is 3.41. The second kappa shape index (κ2) is 8.17. The van der Waals surface area contributed by atoms with Crippen LogP contribution in [-0.2, 0) is 12.3 Å². The predicted molar refractivity (Wildman–Crippen MR) is 80.0 cm³/mol. The van der Waals surface area contributed by atoms with Crippen molar-refractivity contribution in [3.8, 4) is 0 Å². The molecule has 1 aliphatic heterocycles. The average molecular weight is 304 g/mol. The van der Waals surface area contributed by atoms with Gasteiger partial charge in [0, 0.05) is 38.0 Å². The summed E-state index contributed by atoms with van der Waals surface area (Å²) in [5, 5.41) is 12.2. The highest BCUT2D eigenvalue weighted by molar-refractivity contribution is 7.09. The van der Waals surface area contributed by atoms with Gasteiger partial charge in [-0.15, -0.1) is 22.9 Å². The van der Waals surface area contributed by atoms with Crippen LogP contribution in [0.2, 0.25) is 0 Å². The number of hydrogen-bond acceptors (Lipinski definition) is 5. The van der Waals surface area contributed by atoms with Gasteiger partial charge in [0.1, 0.15) is 0 Å². The summed E-state index contributed by atoms with van der Waals surface area (Å²) in [6.45, 7) is 6.54. The summed E-state index contributed by atoms with van der Waals surface area (Å²) >= 11 is 7.48. The number of hydrogen-bond donors (Lipinski definition) is 1. The molecule has 19 heavy (non-hydrogen) atoms. The Balaban J connectivity index is 1.73. The Kier molecular flexibility index (Phi) is 6.53. The number of aliphatic hydroxyl groups excluding tert-OH is 1. The largest absolute Gasteiger partial charge is 0.395 e. The highest BCUT2D eigenvalue weighted by Crippen LogP contribution is 2.13. The third kappa shape index (κ3) is 5.00. The summed E-state index contributed by atoms with van der Waals surface area (Å²) in [5.41, 5.74) is 0.992. The van der Waals surface area contributed by atoms with E-state index in [-0.39, 0.29) is 6.61 Å². The Hall–Kier alpha value is -0.200. The van der Waals surface area contributed by atoms with Crippen LogP contribution in [0, 0.1) is 0 Å².